The predicted molar refractivity (Wildman–Crippen MR) is 215 cm³/mol. The number of carbonyl (C=O) groups excluding carboxylic acids is 3. The highest BCUT2D eigenvalue weighted by molar-refractivity contribution is 5.71. The van der Waals surface area contributed by atoms with Crippen LogP contribution in [0.1, 0.15) is 240 Å². The van der Waals surface area contributed by atoms with Crippen molar-refractivity contribution < 1.29 is 28.6 Å². The second-order valence-corrected chi connectivity index (χ2v) is 16.3. The molecular formula is C45H86O6. The average molecular weight is 723 g/mol. The fourth-order valence-corrected chi connectivity index (χ4v) is 6.58. The van der Waals surface area contributed by atoms with Crippen LogP contribution >= 0.6 is 0 Å². The van der Waals surface area contributed by atoms with Gasteiger partial charge in [-0.2, -0.15) is 0 Å². The summed E-state index contributed by atoms with van der Waals surface area (Å²) in [6.45, 7) is 11.3. The second-order valence-electron chi connectivity index (χ2n) is 16.3. The van der Waals surface area contributed by atoms with Crippen LogP contribution in [0, 0.1) is 11.8 Å². The monoisotopic (exact) mass is 723 g/mol. The molecule has 6 heteroatoms. The quantitative estimate of drug-likeness (QED) is 0.0357. The van der Waals surface area contributed by atoms with Crippen molar-refractivity contribution in [3.63, 3.8) is 0 Å². The lowest BCUT2D eigenvalue weighted by molar-refractivity contribution is -0.167. The highest BCUT2D eigenvalue weighted by Gasteiger charge is 2.19. The first kappa shape index (κ1) is 49.4. The SMILES string of the molecule is CCCCCCCCCC(=O)O[C@H](COC(=O)CCCCCCCCCCCCCCC(C)C)COC(=O)CCCCCCCCCCC(C)C. The van der Waals surface area contributed by atoms with Gasteiger partial charge in [0.25, 0.3) is 0 Å². The van der Waals surface area contributed by atoms with Crippen molar-refractivity contribution in [3.8, 4) is 0 Å². The molecule has 0 fully saturated rings. The third-order valence-corrected chi connectivity index (χ3v) is 9.97. The van der Waals surface area contributed by atoms with E-state index in [2.05, 4.69) is 34.6 Å². The van der Waals surface area contributed by atoms with Gasteiger partial charge in [-0.3, -0.25) is 14.4 Å². The molecular weight excluding hydrogens is 636 g/mol. The zero-order valence-electron chi connectivity index (χ0n) is 34.7. The molecule has 0 radical (unpaired) electrons. The van der Waals surface area contributed by atoms with Gasteiger partial charge in [-0.1, -0.05) is 202 Å². The molecule has 0 N–H and O–H groups in total. The van der Waals surface area contributed by atoms with Gasteiger partial charge >= 0.3 is 17.9 Å². The van der Waals surface area contributed by atoms with Crippen molar-refractivity contribution in [1.82, 2.24) is 0 Å². The van der Waals surface area contributed by atoms with Crippen LogP contribution in [0.25, 0.3) is 0 Å². The van der Waals surface area contributed by atoms with Gasteiger partial charge in [-0.15, -0.1) is 0 Å². The average Bonchev–Trinajstić information content (AvgIpc) is 3.09. The van der Waals surface area contributed by atoms with Crippen molar-refractivity contribution >= 4 is 17.9 Å². The van der Waals surface area contributed by atoms with Crippen molar-refractivity contribution in [2.45, 2.75) is 246 Å². The van der Waals surface area contributed by atoms with Crippen LogP contribution in [0.4, 0.5) is 0 Å². The Morgan fingerprint density at radius 3 is 0.961 bits per heavy atom. The molecule has 302 valence electrons. The van der Waals surface area contributed by atoms with Gasteiger partial charge in [-0.05, 0) is 31.1 Å². The summed E-state index contributed by atoms with van der Waals surface area (Å²) in [5.74, 6) is 0.764. The molecule has 6 nitrogen and oxygen atoms in total. The molecule has 0 aliphatic carbocycles. The van der Waals surface area contributed by atoms with Crippen molar-refractivity contribution in [3.05, 3.63) is 0 Å². The Morgan fingerprint density at radius 2 is 0.647 bits per heavy atom. The molecule has 0 rings (SSSR count). The Morgan fingerprint density at radius 1 is 0.373 bits per heavy atom. The molecule has 51 heavy (non-hydrogen) atoms. The van der Waals surface area contributed by atoms with Crippen LogP contribution in [-0.2, 0) is 28.6 Å². The van der Waals surface area contributed by atoms with E-state index in [0.717, 1.165) is 69.6 Å². The first-order valence-electron chi connectivity index (χ1n) is 22.2. The Bertz CT molecular complexity index is 779. The van der Waals surface area contributed by atoms with E-state index in [-0.39, 0.29) is 31.1 Å². The summed E-state index contributed by atoms with van der Waals surface area (Å²) in [5, 5.41) is 0. The zero-order valence-corrected chi connectivity index (χ0v) is 34.7. The van der Waals surface area contributed by atoms with Crippen molar-refractivity contribution in [2.75, 3.05) is 13.2 Å². The standard InChI is InChI=1S/C45H86O6/c1-6-7-8-9-18-27-32-37-45(48)51-42(39-50-44(47)36-31-26-22-17-16-20-24-29-34-41(4)5)38-49-43(46)35-30-25-21-15-13-11-10-12-14-19-23-28-33-40(2)3/h40-42H,6-39H2,1-5H3/t42-/m1/s1. The second kappa shape index (κ2) is 38.1. The van der Waals surface area contributed by atoms with E-state index in [0.29, 0.717) is 19.3 Å². The molecule has 0 aromatic heterocycles. The number of esters is 3. The number of carbonyl (C=O) groups is 3. The molecule has 0 bridgehead atoms. The van der Waals surface area contributed by atoms with Gasteiger partial charge in [0.2, 0.25) is 0 Å². The van der Waals surface area contributed by atoms with Gasteiger partial charge in [0.15, 0.2) is 6.10 Å². The van der Waals surface area contributed by atoms with E-state index in [1.165, 1.54) is 128 Å². The molecule has 0 unspecified atom stereocenters. The lowest BCUT2D eigenvalue weighted by atomic mass is 10.0. The first-order chi connectivity index (χ1) is 24.7. The molecule has 0 saturated heterocycles. The van der Waals surface area contributed by atoms with Gasteiger partial charge < -0.3 is 14.2 Å². The third kappa shape index (κ3) is 39.5. The number of rotatable bonds is 39. The Labute approximate surface area is 317 Å². The van der Waals surface area contributed by atoms with Crippen LogP contribution in [0.3, 0.4) is 0 Å². The maximum Gasteiger partial charge on any atom is 0.306 e. The fraction of sp³-hybridized carbons (Fsp3) is 0.933. The van der Waals surface area contributed by atoms with Crippen LogP contribution < -0.4 is 0 Å². The largest absolute Gasteiger partial charge is 0.462 e. The number of ether oxygens (including phenoxy) is 3. The van der Waals surface area contributed by atoms with Gasteiger partial charge in [0.1, 0.15) is 13.2 Å². The van der Waals surface area contributed by atoms with Gasteiger partial charge in [-0.25, -0.2) is 0 Å². The molecule has 0 aliphatic heterocycles. The Hall–Kier alpha value is -1.59. The van der Waals surface area contributed by atoms with Crippen LogP contribution in [0.15, 0.2) is 0 Å². The van der Waals surface area contributed by atoms with E-state index in [1.54, 1.807) is 0 Å². The first-order valence-corrected chi connectivity index (χ1v) is 22.2. The zero-order chi connectivity index (χ0) is 37.6. The minimum Gasteiger partial charge on any atom is -0.462 e. The molecule has 0 aromatic carbocycles. The van der Waals surface area contributed by atoms with E-state index in [1.807, 2.05) is 0 Å². The lowest BCUT2D eigenvalue weighted by Gasteiger charge is -2.18. The van der Waals surface area contributed by atoms with E-state index in [4.69, 9.17) is 14.2 Å². The molecule has 0 saturated carbocycles. The molecule has 0 aromatic rings. The molecule has 0 spiro atoms. The fourth-order valence-electron chi connectivity index (χ4n) is 6.58. The summed E-state index contributed by atoms with van der Waals surface area (Å²) in [6.07, 6.45) is 35.3. The number of hydrogen-bond donors (Lipinski definition) is 0. The van der Waals surface area contributed by atoms with E-state index >= 15 is 0 Å². The maximum atomic E-state index is 12.6. The lowest BCUT2D eigenvalue weighted by Crippen LogP contribution is -2.30. The Balaban J connectivity index is 4.23. The molecule has 0 amide bonds. The molecule has 0 aliphatic rings. The summed E-state index contributed by atoms with van der Waals surface area (Å²) in [7, 11) is 0. The van der Waals surface area contributed by atoms with Crippen LogP contribution in [0.5, 0.6) is 0 Å². The van der Waals surface area contributed by atoms with Crippen LogP contribution in [0.2, 0.25) is 0 Å². The van der Waals surface area contributed by atoms with Crippen molar-refractivity contribution in [2.24, 2.45) is 11.8 Å². The summed E-state index contributed by atoms with van der Waals surface area (Å²) in [6, 6.07) is 0. The minimum atomic E-state index is -0.759. The van der Waals surface area contributed by atoms with Gasteiger partial charge in [0.05, 0.1) is 0 Å². The number of hydrogen-bond acceptors (Lipinski definition) is 6. The topological polar surface area (TPSA) is 78.9 Å². The minimum absolute atomic E-state index is 0.0657. The predicted octanol–water partition coefficient (Wildman–Crippen LogP) is 13.8. The highest BCUT2D eigenvalue weighted by atomic mass is 16.6. The van der Waals surface area contributed by atoms with E-state index in [9.17, 15) is 14.4 Å². The summed E-state index contributed by atoms with van der Waals surface area (Å²) in [4.78, 5) is 37.5. The van der Waals surface area contributed by atoms with Crippen LogP contribution in [-0.4, -0.2) is 37.2 Å². The highest BCUT2D eigenvalue weighted by Crippen LogP contribution is 2.16. The number of unbranched alkanes of at least 4 members (excludes halogenated alkanes) is 24. The summed E-state index contributed by atoms with van der Waals surface area (Å²) >= 11 is 0. The normalized spacial score (nSPS) is 12.1. The molecule has 1 atom stereocenters. The molecule has 0 heterocycles. The van der Waals surface area contributed by atoms with Crippen molar-refractivity contribution in [1.29, 1.82) is 0 Å². The maximum absolute atomic E-state index is 12.6. The third-order valence-electron chi connectivity index (χ3n) is 9.97. The summed E-state index contributed by atoms with van der Waals surface area (Å²) in [5.41, 5.74) is 0. The van der Waals surface area contributed by atoms with E-state index < -0.39 is 6.10 Å². The summed E-state index contributed by atoms with van der Waals surface area (Å²) < 4.78 is 16.6. The smallest absolute Gasteiger partial charge is 0.306 e. The Kier molecular flexibility index (Phi) is 37.0. The van der Waals surface area contributed by atoms with Gasteiger partial charge in [0, 0.05) is 19.3 Å².